The summed E-state index contributed by atoms with van der Waals surface area (Å²) in [6.45, 7) is 5.74. The molecule has 0 saturated heterocycles. The number of anilines is 3. The van der Waals surface area contributed by atoms with Gasteiger partial charge < -0.3 is 16.0 Å². The number of aryl methyl sites for hydroxylation is 1. The van der Waals surface area contributed by atoms with E-state index in [0.29, 0.717) is 11.3 Å². The van der Waals surface area contributed by atoms with E-state index in [1.54, 1.807) is 12.4 Å². The lowest BCUT2D eigenvalue weighted by molar-refractivity contribution is -0.118. The summed E-state index contributed by atoms with van der Waals surface area (Å²) in [6.07, 6.45) is 3.52. The standard InChI is InChI=1S/C31H29N5O2S2/c1-19(2)28(30(38)34-23-13-12-21-8-4-5-9-22(21)16-23)36-29(37)25-17-24(14-11-20(25)3)39-27-18-33-31(40-27)35-26-10-6-7-15-32-26/h4-19,28H,1-3H3,(H,34,38)(H,36,37)(H,32,33,35)/t28-/m0/s1. The molecule has 9 heteroatoms. The molecule has 0 aliphatic carbocycles. The number of amides is 2. The van der Waals surface area contributed by atoms with E-state index in [1.165, 1.54) is 23.1 Å². The number of carbonyl (C=O) groups excluding carboxylic acids is 2. The monoisotopic (exact) mass is 567 g/mol. The van der Waals surface area contributed by atoms with E-state index in [0.717, 1.165) is 36.4 Å². The maximum absolute atomic E-state index is 13.4. The third-order valence-corrected chi connectivity index (χ3v) is 8.31. The molecule has 0 spiro atoms. The zero-order valence-corrected chi connectivity index (χ0v) is 24.0. The SMILES string of the molecule is Cc1ccc(Sc2cnc(Nc3ccccn3)s2)cc1C(=O)N[C@H](C(=O)Nc1ccc2ccccc2c1)C(C)C. The number of thiazole rings is 1. The van der Waals surface area contributed by atoms with Crippen LogP contribution >= 0.6 is 23.1 Å². The van der Waals surface area contributed by atoms with Crippen LogP contribution < -0.4 is 16.0 Å². The summed E-state index contributed by atoms with van der Waals surface area (Å²) in [6, 6.07) is 24.5. The molecule has 0 aliphatic heterocycles. The minimum absolute atomic E-state index is 0.107. The van der Waals surface area contributed by atoms with E-state index in [-0.39, 0.29) is 17.7 Å². The zero-order valence-electron chi connectivity index (χ0n) is 22.3. The summed E-state index contributed by atoms with van der Waals surface area (Å²) in [5, 5.41) is 12.0. The highest BCUT2D eigenvalue weighted by Gasteiger charge is 2.25. The number of fused-ring (bicyclic) bond motifs is 1. The summed E-state index contributed by atoms with van der Waals surface area (Å²) in [4.78, 5) is 36.2. The Kier molecular flexibility index (Phi) is 8.42. The molecule has 3 N–H and O–H groups in total. The number of aromatic nitrogens is 2. The van der Waals surface area contributed by atoms with Gasteiger partial charge in [0, 0.05) is 22.3 Å². The first-order valence-electron chi connectivity index (χ1n) is 12.9. The molecular weight excluding hydrogens is 539 g/mol. The second kappa shape index (κ2) is 12.3. The van der Waals surface area contributed by atoms with Crippen molar-refractivity contribution in [1.82, 2.24) is 15.3 Å². The van der Waals surface area contributed by atoms with Crippen LogP contribution in [0.2, 0.25) is 0 Å². The lowest BCUT2D eigenvalue weighted by atomic mass is 10.0. The van der Waals surface area contributed by atoms with Gasteiger partial charge in [0.2, 0.25) is 5.91 Å². The first-order chi connectivity index (χ1) is 19.4. The summed E-state index contributed by atoms with van der Waals surface area (Å²) in [5.74, 6) is 0.0880. The highest BCUT2D eigenvalue weighted by molar-refractivity contribution is 8.01. The molecule has 1 atom stereocenters. The molecule has 5 aromatic rings. The van der Waals surface area contributed by atoms with Gasteiger partial charge in [0.05, 0.1) is 10.4 Å². The van der Waals surface area contributed by atoms with Crippen LogP contribution in [-0.2, 0) is 4.79 Å². The normalized spacial score (nSPS) is 11.8. The fourth-order valence-electron chi connectivity index (χ4n) is 4.18. The van der Waals surface area contributed by atoms with Crippen molar-refractivity contribution in [2.24, 2.45) is 5.92 Å². The van der Waals surface area contributed by atoms with Crippen molar-refractivity contribution < 1.29 is 9.59 Å². The molecule has 3 aromatic carbocycles. The van der Waals surface area contributed by atoms with Gasteiger partial charge in [-0.2, -0.15) is 0 Å². The summed E-state index contributed by atoms with van der Waals surface area (Å²) in [5.41, 5.74) is 2.06. The van der Waals surface area contributed by atoms with Gasteiger partial charge in [0.15, 0.2) is 5.13 Å². The van der Waals surface area contributed by atoms with Crippen molar-refractivity contribution in [3.05, 3.63) is 102 Å². The number of benzene rings is 3. The molecule has 2 aromatic heterocycles. The van der Waals surface area contributed by atoms with Crippen molar-refractivity contribution >= 4 is 62.3 Å². The first kappa shape index (κ1) is 27.4. The Hall–Kier alpha value is -4.21. The van der Waals surface area contributed by atoms with Gasteiger partial charge in [-0.1, -0.05) is 79.4 Å². The molecule has 202 valence electrons. The van der Waals surface area contributed by atoms with Gasteiger partial charge >= 0.3 is 0 Å². The summed E-state index contributed by atoms with van der Waals surface area (Å²) < 4.78 is 0.975. The third-order valence-electron chi connectivity index (χ3n) is 6.31. The van der Waals surface area contributed by atoms with Crippen LogP contribution in [0.15, 0.2) is 100 Å². The largest absolute Gasteiger partial charge is 0.340 e. The Morgan fingerprint density at radius 1 is 0.900 bits per heavy atom. The molecule has 2 heterocycles. The number of rotatable bonds is 9. The Labute approximate surface area is 241 Å². The molecule has 5 rings (SSSR count). The molecular formula is C31H29N5O2S2. The molecule has 0 fully saturated rings. The number of nitrogens with one attached hydrogen (secondary N) is 3. The van der Waals surface area contributed by atoms with E-state index >= 15 is 0 Å². The van der Waals surface area contributed by atoms with Gasteiger partial charge in [-0.05, 0) is 65.6 Å². The van der Waals surface area contributed by atoms with Gasteiger partial charge in [-0.25, -0.2) is 9.97 Å². The maximum Gasteiger partial charge on any atom is 0.252 e. The van der Waals surface area contributed by atoms with Gasteiger partial charge in [-0.15, -0.1) is 0 Å². The second-order valence-electron chi connectivity index (χ2n) is 9.65. The van der Waals surface area contributed by atoms with Crippen LogP contribution in [0.3, 0.4) is 0 Å². The van der Waals surface area contributed by atoms with Crippen LogP contribution in [0.25, 0.3) is 10.8 Å². The fraction of sp³-hybridized carbons (Fsp3) is 0.161. The third kappa shape index (κ3) is 6.67. The average molecular weight is 568 g/mol. The Bertz CT molecular complexity index is 1650. The summed E-state index contributed by atoms with van der Waals surface area (Å²) in [7, 11) is 0. The topological polar surface area (TPSA) is 96.0 Å². The van der Waals surface area contributed by atoms with E-state index in [9.17, 15) is 9.59 Å². The quantitative estimate of drug-likeness (QED) is 0.173. The molecule has 0 unspecified atom stereocenters. The van der Waals surface area contributed by atoms with Crippen molar-refractivity contribution in [3.8, 4) is 0 Å². The first-order valence-corrected chi connectivity index (χ1v) is 14.5. The highest BCUT2D eigenvalue weighted by atomic mass is 32.2. The van der Waals surface area contributed by atoms with Crippen LogP contribution in [0.5, 0.6) is 0 Å². The van der Waals surface area contributed by atoms with Crippen molar-refractivity contribution in [1.29, 1.82) is 0 Å². The number of carbonyl (C=O) groups is 2. The van der Waals surface area contributed by atoms with Crippen molar-refractivity contribution in [2.45, 2.75) is 35.9 Å². The molecule has 0 radical (unpaired) electrons. The number of pyridine rings is 1. The van der Waals surface area contributed by atoms with Crippen LogP contribution in [0, 0.1) is 12.8 Å². The minimum Gasteiger partial charge on any atom is -0.340 e. The lowest BCUT2D eigenvalue weighted by Gasteiger charge is -2.22. The van der Waals surface area contributed by atoms with E-state index in [2.05, 4.69) is 25.9 Å². The second-order valence-corrected chi connectivity index (χ2v) is 12.1. The predicted molar refractivity (Wildman–Crippen MR) is 164 cm³/mol. The molecule has 0 aliphatic rings. The average Bonchev–Trinajstić information content (AvgIpc) is 3.39. The summed E-state index contributed by atoms with van der Waals surface area (Å²) >= 11 is 3.04. The molecule has 7 nitrogen and oxygen atoms in total. The lowest BCUT2D eigenvalue weighted by Crippen LogP contribution is -2.47. The number of hydrogen-bond acceptors (Lipinski definition) is 7. The smallest absolute Gasteiger partial charge is 0.252 e. The Morgan fingerprint density at radius 3 is 2.48 bits per heavy atom. The molecule has 0 saturated carbocycles. The Morgan fingerprint density at radius 2 is 1.70 bits per heavy atom. The van der Waals surface area contributed by atoms with E-state index in [1.807, 2.05) is 99.6 Å². The van der Waals surface area contributed by atoms with Gasteiger partial charge in [0.25, 0.3) is 5.91 Å². The number of nitrogens with zero attached hydrogens (tertiary/aromatic N) is 2. The zero-order chi connectivity index (χ0) is 28.1. The van der Waals surface area contributed by atoms with E-state index < -0.39 is 6.04 Å². The van der Waals surface area contributed by atoms with Gasteiger partial charge in [-0.3, -0.25) is 9.59 Å². The van der Waals surface area contributed by atoms with E-state index in [4.69, 9.17) is 0 Å². The number of hydrogen-bond donors (Lipinski definition) is 3. The van der Waals surface area contributed by atoms with Crippen LogP contribution in [0.1, 0.15) is 29.8 Å². The predicted octanol–water partition coefficient (Wildman–Crippen LogP) is 7.29. The molecule has 0 bridgehead atoms. The van der Waals surface area contributed by atoms with Crippen molar-refractivity contribution in [2.75, 3.05) is 10.6 Å². The molecule has 2 amide bonds. The van der Waals surface area contributed by atoms with Crippen LogP contribution in [-0.4, -0.2) is 27.8 Å². The van der Waals surface area contributed by atoms with Crippen LogP contribution in [0.4, 0.5) is 16.6 Å². The Balaban J connectivity index is 1.27. The minimum atomic E-state index is -0.698. The fourth-order valence-corrected chi connectivity index (χ4v) is 6.08. The van der Waals surface area contributed by atoms with Gasteiger partial charge in [0.1, 0.15) is 11.9 Å². The van der Waals surface area contributed by atoms with Crippen molar-refractivity contribution in [3.63, 3.8) is 0 Å². The maximum atomic E-state index is 13.4. The molecule has 40 heavy (non-hydrogen) atoms. The highest BCUT2D eigenvalue weighted by Crippen LogP contribution is 2.35.